The Hall–Kier alpha value is -2.09. The largest absolute Gasteiger partial charge is 0.376 e. The van der Waals surface area contributed by atoms with Gasteiger partial charge in [-0.15, -0.1) is 11.3 Å². The average molecular weight is 442 g/mol. The van der Waals surface area contributed by atoms with E-state index < -0.39 is 0 Å². The van der Waals surface area contributed by atoms with Crippen LogP contribution in [-0.2, 0) is 17.8 Å². The summed E-state index contributed by atoms with van der Waals surface area (Å²) < 4.78 is 5.66. The van der Waals surface area contributed by atoms with Gasteiger partial charge in [-0.05, 0) is 48.4 Å². The molecule has 7 heteroatoms. The van der Waals surface area contributed by atoms with Gasteiger partial charge >= 0.3 is 0 Å². The van der Waals surface area contributed by atoms with Gasteiger partial charge in [-0.25, -0.2) is 0 Å². The molecule has 2 saturated heterocycles. The van der Waals surface area contributed by atoms with E-state index in [0.717, 1.165) is 64.7 Å². The summed E-state index contributed by atoms with van der Waals surface area (Å²) in [4.78, 5) is 9.41. The monoisotopic (exact) mass is 441 g/mol. The molecule has 1 atom stereocenters. The van der Waals surface area contributed by atoms with Crippen molar-refractivity contribution in [1.82, 2.24) is 15.5 Å². The van der Waals surface area contributed by atoms with Crippen LogP contribution >= 0.6 is 11.3 Å². The molecule has 2 aliphatic rings. The van der Waals surface area contributed by atoms with Crippen LogP contribution in [0.1, 0.15) is 30.9 Å². The molecular formula is C24H35N5OS. The quantitative estimate of drug-likeness (QED) is 0.532. The van der Waals surface area contributed by atoms with Gasteiger partial charge in [0.2, 0.25) is 0 Å². The minimum absolute atomic E-state index is 0.324. The van der Waals surface area contributed by atoms with Crippen molar-refractivity contribution >= 4 is 22.3 Å². The normalized spacial score (nSPS) is 21.3. The van der Waals surface area contributed by atoms with E-state index in [2.05, 4.69) is 74.1 Å². The summed E-state index contributed by atoms with van der Waals surface area (Å²) in [7, 11) is 1.85. The zero-order valence-electron chi connectivity index (χ0n) is 18.7. The predicted molar refractivity (Wildman–Crippen MR) is 130 cm³/mol. The fourth-order valence-electron chi connectivity index (χ4n) is 4.40. The van der Waals surface area contributed by atoms with Gasteiger partial charge in [-0.1, -0.05) is 24.3 Å². The summed E-state index contributed by atoms with van der Waals surface area (Å²) in [5, 5.41) is 10.7. The molecule has 4 rings (SSSR count). The highest BCUT2D eigenvalue weighted by Gasteiger charge is 2.21. The maximum absolute atomic E-state index is 5.66. The Morgan fingerprint density at radius 1 is 1.16 bits per heavy atom. The van der Waals surface area contributed by atoms with E-state index >= 15 is 0 Å². The van der Waals surface area contributed by atoms with Gasteiger partial charge in [0.1, 0.15) is 0 Å². The van der Waals surface area contributed by atoms with Gasteiger partial charge in [-0.3, -0.25) is 9.89 Å². The Morgan fingerprint density at radius 3 is 2.74 bits per heavy atom. The van der Waals surface area contributed by atoms with Crippen LogP contribution in [0.15, 0.2) is 46.8 Å². The molecule has 1 aromatic carbocycles. The number of piperidine rings is 1. The van der Waals surface area contributed by atoms with Crippen LogP contribution in [-0.4, -0.2) is 62.8 Å². The molecule has 2 aliphatic heterocycles. The molecule has 2 N–H and O–H groups in total. The van der Waals surface area contributed by atoms with Crippen molar-refractivity contribution in [2.75, 3.05) is 44.7 Å². The lowest BCUT2D eigenvalue weighted by Crippen LogP contribution is -2.48. The molecule has 2 aromatic rings. The number of rotatable bonds is 6. The number of hydrogen-bond acceptors (Lipinski definition) is 5. The second kappa shape index (κ2) is 11.0. The van der Waals surface area contributed by atoms with Crippen molar-refractivity contribution in [3.63, 3.8) is 0 Å². The van der Waals surface area contributed by atoms with E-state index in [1.165, 1.54) is 16.1 Å². The van der Waals surface area contributed by atoms with Crippen LogP contribution < -0.4 is 15.5 Å². The van der Waals surface area contributed by atoms with Gasteiger partial charge in [0.25, 0.3) is 0 Å². The number of guanidine groups is 1. The molecule has 0 saturated carbocycles. The molecule has 0 aliphatic carbocycles. The molecule has 168 valence electrons. The maximum Gasteiger partial charge on any atom is 0.191 e. The van der Waals surface area contributed by atoms with Gasteiger partial charge in [0.05, 0.1) is 17.7 Å². The summed E-state index contributed by atoms with van der Waals surface area (Å²) in [6.45, 7) is 8.94. The van der Waals surface area contributed by atoms with E-state index in [0.29, 0.717) is 12.1 Å². The second-order valence-electron chi connectivity index (χ2n) is 8.52. The third-order valence-electron chi connectivity index (χ3n) is 6.06. The van der Waals surface area contributed by atoms with E-state index in [-0.39, 0.29) is 0 Å². The maximum atomic E-state index is 5.66. The zero-order valence-corrected chi connectivity index (χ0v) is 19.5. The molecule has 0 spiro atoms. The van der Waals surface area contributed by atoms with Crippen LogP contribution in [0.3, 0.4) is 0 Å². The summed E-state index contributed by atoms with van der Waals surface area (Å²) in [5.74, 6) is 0.891. The lowest BCUT2D eigenvalue weighted by molar-refractivity contribution is -0.0212. The highest BCUT2D eigenvalue weighted by atomic mass is 32.1. The van der Waals surface area contributed by atoms with Crippen molar-refractivity contribution < 1.29 is 4.74 Å². The Morgan fingerprint density at radius 2 is 2.00 bits per heavy atom. The van der Waals surface area contributed by atoms with Crippen LogP contribution in [0.25, 0.3) is 0 Å². The van der Waals surface area contributed by atoms with Crippen molar-refractivity contribution in [3.8, 4) is 0 Å². The first-order chi connectivity index (χ1) is 15.2. The van der Waals surface area contributed by atoms with Gasteiger partial charge < -0.3 is 20.3 Å². The summed E-state index contributed by atoms with van der Waals surface area (Å²) in [5.41, 5.74) is 2.64. The molecule has 1 unspecified atom stereocenters. The van der Waals surface area contributed by atoms with Gasteiger partial charge in [-0.2, -0.15) is 0 Å². The highest BCUT2D eigenvalue weighted by Crippen LogP contribution is 2.24. The molecule has 0 radical (unpaired) electrons. The Balaban J connectivity index is 1.23. The van der Waals surface area contributed by atoms with E-state index in [9.17, 15) is 0 Å². The summed E-state index contributed by atoms with van der Waals surface area (Å²) in [6, 6.07) is 13.7. The predicted octanol–water partition coefficient (Wildman–Crippen LogP) is 3.30. The van der Waals surface area contributed by atoms with Gasteiger partial charge in [0, 0.05) is 52.4 Å². The Kier molecular flexibility index (Phi) is 7.83. The van der Waals surface area contributed by atoms with Crippen LogP contribution in [0.2, 0.25) is 0 Å². The van der Waals surface area contributed by atoms with Gasteiger partial charge in [0.15, 0.2) is 5.96 Å². The first kappa shape index (κ1) is 22.1. The molecule has 6 nitrogen and oxygen atoms in total. The lowest BCUT2D eigenvalue weighted by Gasteiger charge is -2.33. The third-order valence-corrected chi connectivity index (χ3v) is 6.99. The molecule has 1 aromatic heterocycles. The first-order valence-corrected chi connectivity index (χ1v) is 12.2. The van der Waals surface area contributed by atoms with E-state index in [4.69, 9.17) is 4.74 Å². The molecule has 31 heavy (non-hydrogen) atoms. The van der Waals surface area contributed by atoms with Crippen molar-refractivity contribution in [1.29, 1.82) is 0 Å². The minimum atomic E-state index is 0.324. The average Bonchev–Trinajstić information content (AvgIpc) is 3.32. The molecular weight excluding hydrogens is 406 g/mol. The number of nitrogens with zero attached hydrogens (tertiary/aromatic N) is 3. The molecule has 0 amide bonds. The lowest BCUT2D eigenvalue weighted by atomic mass is 10.1. The third kappa shape index (κ3) is 6.45. The number of ether oxygens (including phenoxy) is 1. The SMILES string of the molecule is CN=C(NCc1cccc(CN2CCOC(C)C2)c1)NC1CCN(c2cccs2)CC1. The topological polar surface area (TPSA) is 52.1 Å². The Bertz CT molecular complexity index is 832. The highest BCUT2D eigenvalue weighted by molar-refractivity contribution is 7.14. The molecule has 2 fully saturated rings. The zero-order chi connectivity index (χ0) is 21.5. The second-order valence-corrected chi connectivity index (χ2v) is 9.45. The number of nitrogens with one attached hydrogen (secondary N) is 2. The smallest absolute Gasteiger partial charge is 0.191 e. The summed E-state index contributed by atoms with van der Waals surface area (Å²) >= 11 is 1.83. The van der Waals surface area contributed by atoms with Crippen LogP contribution in [0, 0.1) is 0 Å². The number of thiophene rings is 1. The van der Waals surface area contributed by atoms with Crippen molar-refractivity contribution in [2.24, 2.45) is 4.99 Å². The van der Waals surface area contributed by atoms with E-state index in [1.807, 2.05) is 18.4 Å². The Labute approximate surface area is 190 Å². The van der Waals surface area contributed by atoms with Crippen LogP contribution in [0.4, 0.5) is 5.00 Å². The fraction of sp³-hybridized carbons (Fsp3) is 0.542. The number of anilines is 1. The summed E-state index contributed by atoms with van der Waals surface area (Å²) in [6.07, 6.45) is 2.59. The minimum Gasteiger partial charge on any atom is -0.376 e. The number of aliphatic imine (C=N–C) groups is 1. The fourth-order valence-corrected chi connectivity index (χ4v) is 5.18. The standard InChI is InChI=1S/C24H35N5OS/c1-19-17-28(12-13-30-19)18-21-6-3-5-20(15-21)16-26-24(25-2)27-22-8-10-29(11-9-22)23-7-4-14-31-23/h3-7,14-15,19,22H,8-13,16-18H2,1-2H3,(H2,25,26,27). The number of hydrogen-bond donors (Lipinski definition) is 2. The first-order valence-electron chi connectivity index (χ1n) is 11.4. The number of benzene rings is 1. The van der Waals surface area contributed by atoms with Crippen molar-refractivity contribution in [3.05, 3.63) is 52.9 Å². The van der Waals surface area contributed by atoms with E-state index in [1.54, 1.807) is 0 Å². The number of morpholine rings is 1. The van der Waals surface area contributed by atoms with Crippen LogP contribution in [0.5, 0.6) is 0 Å². The molecule has 0 bridgehead atoms. The van der Waals surface area contributed by atoms with Crippen molar-refractivity contribution in [2.45, 2.75) is 45.0 Å². The molecule has 3 heterocycles.